The first-order valence-corrected chi connectivity index (χ1v) is 8.46. The first kappa shape index (κ1) is 18.8. The third-order valence-corrected chi connectivity index (χ3v) is 4.01. The van der Waals surface area contributed by atoms with Crippen molar-refractivity contribution in [2.24, 2.45) is 0 Å². The van der Waals surface area contributed by atoms with Gasteiger partial charge in [-0.15, -0.1) is 10.2 Å². The third-order valence-electron chi connectivity index (χ3n) is 4.01. The van der Waals surface area contributed by atoms with Crippen LogP contribution in [0.4, 0.5) is 8.78 Å². The number of tetrazole rings is 1. The molecule has 1 heterocycles. The van der Waals surface area contributed by atoms with Crippen molar-refractivity contribution in [3.63, 3.8) is 0 Å². The van der Waals surface area contributed by atoms with Crippen molar-refractivity contribution < 1.29 is 13.9 Å². The number of aromatic nitrogens is 4. The van der Waals surface area contributed by atoms with Gasteiger partial charge in [0, 0.05) is 5.57 Å². The molecule has 2 aromatic carbocycles. The van der Waals surface area contributed by atoms with Crippen LogP contribution in [0.2, 0.25) is 0 Å². The van der Waals surface area contributed by atoms with Crippen molar-refractivity contribution in [1.82, 2.24) is 20.2 Å². The summed E-state index contributed by atoms with van der Waals surface area (Å²) in [5, 5.41) is 22.6. The van der Waals surface area contributed by atoms with Gasteiger partial charge in [-0.2, -0.15) is 4.80 Å². The Bertz CT molecular complexity index is 907. The van der Waals surface area contributed by atoms with Gasteiger partial charge in [0.15, 0.2) is 0 Å². The average molecular weight is 370 g/mol. The van der Waals surface area contributed by atoms with Gasteiger partial charge in [0.2, 0.25) is 5.82 Å². The highest BCUT2D eigenvalue weighted by Gasteiger charge is 2.21. The normalized spacial score (nSPS) is 11.5. The van der Waals surface area contributed by atoms with Crippen LogP contribution in [0.5, 0.6) is 0 Å². The fourth-order valence-corrected chi connectivity index (χ4v) is 2.63. The first-order chi connectivity index (χ1) is 12.8. The molecule has 0 radical (unpaired) electrons. The molecule has 0 aliphatic heterocycles. The van der Waals surface area contributed by atoms with Crippen LogP contribution in [0, 0.1) is 11.6 Å². The molecule has 1 N–H and O–H groups in total. The molecule has 0 aliphatic rings. The fraction of sp³-hybridized carbons (Fsp3) is 0.250. The molecule has 5 nitrogen and oxygen atoms in total. The molecule has 0 fully saturated rings. The Morgan fingerprint density at radius 3 is 1.78 bits per heavy atom. The lowest BCUT2D eigenvalue weighted by Gasteiger charge is -2.16. The quantitative estimate of drug-likeness (QED) is 0.761. The molecule has 0 aliphatic carbocycles. The van der Waals surface area contributed by atoms with E-state index in [0.29, 0.717) is 22.3 Å². The maximum absolute atomic E-state index is 13.4. The van der Waals surface area contributed by atoms with Crippen LogP contribution >= 0.6 is 0 Å². The number of rotatable bonds is 4. The van der Waals surface area contributed by atoms with E-state index in [1.165, 1.54) is 29.1 Å². The summed E-state index contributed by atoms with van der Waals surface area (Å²) in [5.74, 6) is -0.491. The van der Waals surface area contributed by atoms with Crippen molar-refractivity contribution in [2.45, 2.75) is 26.3 Å². The Hall–Kier alpha value is -2.93. The van der Waals surface area contributed by atoms with Crippen LogP contribution in [0.15, 0.2) is 48.5 Å². The molecule has 0 atom stereocenters. The smallest absolute Gasteiger partial charge is 0.203 e. The van der Waals surface area contributed by atoms with Gasteiger partial charge in [0.05, 0.1) is 12.1 Å². The number of benzene rings is 2. The monoisotopic (exact) mass is 370 g/mol. The highest BCUT2D eigenvalue weighted by atomic mass is 19.1. The van der Waals surface area contributed by atoms with Gasteiger partial charge in [-0.05, 0) is 67.0 Å². The summed E-state index contributed by atoms with van der Waals surface area (Å²) < 4.78 is 26.8. The summed E-state index contributed by atoms with van der Waals surface area (Å²) in [6, 6.07) is 11.7. The molecule has 7 heteroatoms. The van der Waals surface area contributed by atoms with E-state index in [2.05, 4.69) is 15.4 Å². The highest BCUT2D eigenvalue weighted by Crippen LogP contribution is 2.31. The number of nitrogens with zero attached hydrogens (tertiary/aromatic N) is 4. The Morgan fingerprint density at radius 2 is 1.41 bits per heavy atom. The van der Waals surface area contributed by atoms with Crippen molar-refractivity contribution in [1.29, 1.82) is 0 Å². The molecular formula is C20H20F2N4O. The van der Waals surface area contributed by atoms with Crippen LogP contribution in [-0.2, 0) is 5.54 Å². The number of aliphatic hydroxyl groups is 1. The SMILES string of the molecule is CC(C)(C)n1nnc(C(CO)=C(c2ccc(F)cc2)c2ccc(F)cc2)n1. The number of hydrogen-bond donors (Lipinski definition) is 1. The zero-order chi connectivity index (χ0) is 19.6. The molecule has 0 unspecified atom stereocenters. The Balaban J connectivity index is 2.23. The van der Waals surface area contributed by atoms with E-state index < -0.39 is 0 Å². The molecule has 140 valence electrons. The van der Waals surface area contributed by atoms with Crippen LogP contribution < -0.4 is 0 Å². The van der Waals surface area contributed by atoms with E-state index >= 15 is 0 Å². The molecule has 3 rings (SSSR count). The zero-order valence-electron chi connectivity index (χ0n) is 15.3. The molecule has 0 saturated heterocycles. The molecule has 0 bridgehead atoms. The summed E-state index contributed by atoms with van der Waals surface area (Å²) in [6.45, 7) is 5.44. The second-order valence-corrected chi connectivity index (χ2v) is 7.10. The van der Waals surface area contributed by atoms with E-state index in [4.69, 9.17) is 0 Å². The standard InChI is InChI=1S/C20H20F2N4O/c1-20(2,3)26-24-19(23-25-26)17(12-27)18(13-4-8-15(21)9-5-13)14-6-10-16(22)11-7-14/h4-11,27H,12H2,1-3H3. The lowest BCUT2D eigenvalue weighted by Crippen LogP contribution is -2.24. The Labute approximate surface area is 156 Å². The molecule has 0 amide bonds. The number of aliphatic hydroxyl groups excluding tert-OH is 1. The topological polar surface area (TPSA) is 63.8 Å². The fourth-order valence-electron chi connectivity index (χ4n) is 2.63. The summed E-state index contributed by atoms with van der Waals surface area (Å²) >= 11 is 0. The predicted molar refractivity (Wildman–Crippen MR) is 98.6 cm³/mol. The predicted octanol–water partition coefficient (Wildman–Crippen LogP) is 3.66. The second-order valence-electron chi connectivity index (χ2n) is 7.10. The van der Waals surface area contributed by atoms with Crippen molar-refractivity contribution >= 4 is 11.1 Å². The van der Waals surface area contributed by atoms with E-state index in [1.54, 1.807) is 24.3 Å². The van der Waals surface area contributed by atoms with Gasteiger partial charge in [0.1, 0.15) is 11.6 Å². The van der Waals surface area contributed by atoms with Crippen LogP contribution in [0.25, 0.3) is 11.1 Å². The van der Waals surface area contributed by atoms with E-state index in [-0.39, 0.29) is 29.6 Å². The summed E-state index contributed by atoms with van der Waals surface area (Å²) in [7, 11) is 0. The van der Waals surface area contributed by atoms with Gasteiger partial charge in [-0.25, -0.2) is 8.78 Å². The minimum absolute atomic E-state index is 0.260. The zero-order valence-corrected chi connectivity index (χ0v) is 15.3. The molecule has 0 saturated carbocycles. The van der Waals surface area contributed by atoms with Crippen LogP contribution in [0.3, 0.4) is 0 Å². The second kappa shape index (κ2) is 7.36. The van der Waals surface area contributed by atoms with E-state index in [1.807, 2.05) is 20.8 Å². The van der Waals surface area contributed by atoms with Crippen LogP contribution in [-0.4, -0.2) is 31.9 Å². The minimum Gasteiger partial charge on any atom is -0.392 e. The van der Waals surface area contributed by atoms with E-state index in [9.17, 15) is 13.9 Å². The van der Waals surface area contributed by atoms with Gasteiger partial charge in [-0.1, -0.05) is 24.3 Å². The van der Waals surface area contributed by atoms with Crippen molar-refractivity contribution in [2.75, 3.05) is 6.61 Å². The van der Waals surface area contributed by atoms with Gasteiger partial charge >= 0.3 is 0 Å². The first-order valence-electron chi connectivity index (χ1n) is 8.46. The molecule has 3 aromatic rings. The number of halogens is 2. The maximum Gasteiger partial charge on any atom is 0.203 e. The summed E-state index contributed by atoms with van der Waals surface area (Å²) in [6.07, 6.45) is 0. The van der Waals surface area contributed by atoms with Crippen molar-refractivity contribution in [3.05, 3.63) is 77.1 Å². The Kier molecular flexibility index (Phi) is 5.14. The maximum atomic E-state index is 13.4. The molecule has 0 spiro atoms. The van der Waals surface area contributed by atoms with E-state index in [0.717, 1.165) is 0 Å². The molecule has 27 heavy (non-hydrogen) atoms. The highest BCUT2D eigenvalue weighted by molar-refractivity contribution is 5.97. The lowest BCUT2D eigenvalue weighted by atomic mass is 9.93. The van der Waals surface area contributed by atoms with Crippen LogP contribution in [0.1, 0.15) is 37.7 Å². The Morgan fingerprint density at radius 1 is 0.926 bits per heavy atom. The van der Waals surface area contributed by atoms with Gasteiger partial charge in [0.25, 0.3) is 0 Å². The average Bonchev–Trinajstić information content (AvgIpc) is 3.12. The summed E-state index contributed by atoms with van der Waals surface area (Å²) in [4.78, 5) is 1.46. The molecule has 1 aromatic heterocycles. The number of hydrogen-bond acceptors (Lipinski definition) is 4. The lowest BCUT2D eigenvalue weighted by molar-refractivity contribution is 0.305. The third kappa shape index (κ3) is 4.09. The van der Waals surface area contributed by atoms with Crippen molar-refractivity contribution in [3.8, 4) is 0 Å². The summed E-state index contributed by atoms with van der Waals surface area (Å²) in [5.41, 5.74) is 1.94. The minimum atomic E-state index is -0.377. The van der Waals surface area contributed by atoms with Gasteiger partial charge in [-0.3, -0.25) is 0 Å². The molecular weight excluding hydrogens is 350 g/mol. The largest absolute Gasteiger partial charge is 0.392 e. The van der Waals surface area contributed by atoms with Gasteiger partial charge < -0.3 is 5.11 Å².